The number of phenolic OH excluding ortho intramolecular Hbond substituents is 2. The van der Waals surface area contributed by atoms with Crippen LogP contribution in [0.4, 0.5) is 34.1 Å². The molecule has 0 fully saturated rings. The molecule has 0 unspecified atom stereocenters. The Labute approximate surface area is 715 Å². The van der Waals surface area contributed by atoms with Crippen LogP contribution in [0.3, 0.4) is 0 Å². The van der Waals surface area contributed by atoms with Gasteiger partial charge in [-0.3, -0.25) is 27.8 Å². The van der Waals surface area contributed by atoms with Crippen molar-refractivity contribution in [2.45, 2.75) is 45.3 Å². The molecule has 0 aliphatic heterocycles. The molecule has 0 heterocycles. The van der Waals surface area contributed by atoms with Gasteiger partial charge in [-0.15, -0.1) is 0 Å². The lowest BCUT2D eigenvalue weighted by molar-refractivity contribution is -0.120. The molecule has 10 aromatic rings. The number of phenols is 2. The molecule has 2 amide bonds. The van der Waals surface area contributed by atoms with E-state index < -0.39 is 71.9 Å². The molecule has 10 aromatic carbocycles. The quantitative estimate of drug-likeness (QED) is 0.00497. The van der Waals surface area contributed by atoms with E-state index in [0.29, 0.717) is 53.2 Å². The number of halogens is 4. The summed E-state index contributed by atoms with van der Waals surface area (Å²) in [4.78, 5) is 28.0. The molecule has 0 aromatic heterocycles. The minimum Gasteiger partial charge on any atom is -0.506 e. The van der Waals surface area contributed by atoms with Crippen molar-refractivity contribution >= 4 is 277 Å². The Balaban J connectivity index is 0.707. The third-order valence-corrected chi connectivity index (χ3v) is 23.9. The molecule has 0 atom stereocenters. The van der Waals surface area contributed by atoms with Crippen LogP contribution in [0, 0.1) is 0 Å². The number of aromatic hydroxyl groups is 2. The van der Waals surface area contributed by atoms with Crippen LogP contribution < -0.4 is 41.9 Å². The monoisotopic (exact) mass is 1960 g/mol. The molecule has 0 saturated heterocycles. The summed E-state index contributed by atoms with van der Waals surface area (Å²) in [5.74, 6) is -1.25. The van der Waals surface area contributed by atoms with Crippen molar-refractivity contribution in [2.24, 2.45) is 10.2 Å². The number of nitrogens with zero attached hydrogens (tertiary/aromatic N) is 4. The Kier molecular flexibility index (Phi) is 30.0. The van der Waals surface area contributed by atoms with E-state index >= 15 is 0 Å². The van der Waals surface area contributed by atoms with Crippen LogP contribution >= 0.6 is 113 Å². The number of hydrogen-bond acceptors (Lipinski definition) is 19. The van der Waals surface area contributed by atoms with E-state index in [1.54, 1.807) is 48.5 Å². The summed E-state index contributed by atoms with van der Waals surface area (Å²) < 4.78 is 152. The van der Waals surface area contributed by atoms with Crippen LogP contribution in [0.25, 0.3) is 45.8 Å². The highest BCUT2D eigenvalue weighted by Crippen LogP contribution is 2.36. The molecular formula is C76H64Br4N10O17S8. The van der Waals surface area contributed by atoms with Gasteiger partial charge in [0.1, 0.15) is 44.2 Å². The number of carbonyl (C=O) groups is 2. The van der Waals surface area contributed by atoms with Gasteiger partial charge in [0.25, 0.3) is 52.3 Å². The Morgan fingerprint density at radius 2 is 0.696 bits per heavy atom. The van der Waals surface area contributed by atoms with E-state index in [1.165, 1.54) is 95.1 Å². The average Bonchev–Trinajstić information content (AvgIpc) is 0.803. The highest BCUT2D eigenvalue weighted by atomic mass is 79.9. The van der Waals surface area contributed by atoms with E-state index in [1.807, 2.05) is 60.7 Å². The van der Waals surface area contributed by atoms with E-state index in [4.69, 9.17) is 53.6 Å². The first-order chi connectivity index (χ1) is 54.4. The Hall–Kier alpha value is -9.24. The SMILES string of the molecule is O=C(CN(C(=S)Nc1ccc(/C=C/c2ccc(NC(=S)CCCOCCCC(=S)Nc3ccc(/C=C/c4ccc(NC(=S)N(CC(=O)N/N=C\c5cc(Br)c(O)c(Br)c5)c5ccc6ccccc6c5)cc4S(=O)(=O)O)c(S(=O)(=O)O)c3)cc2S(=O)(=O)O)c(S(=O)(=O)O)c1)c1ccc2ccccc2c1)N/N=C\c1cc(Br)c(O)c(Br)c1. The van der Waals surface area contributed by atoms with E-state index in [-0.39, 0.29) is 116 Å². The van der Waals surface area contributed by atoms with Gasteiger partial charge in [0.2, 0.25) is 0 Å². The van der Waals surface area contributed by atoms with Gasteiger partial charge in [0, 0.05) is 60.2 Å². The standard InChI is InChI=1S/C76H64Br4N10O17S8/c77-61-31-45(32-62(78)73(61)93)41-81-87-69(91)43-89(59-27-21-47-7-1-3-9-53(47)35-59)75(110)85-57-25-19-51(67(39-57)114(101,102)103)15-13-49-17-23-55(37-65(49)112(95,96)97)83-71(108)11-5-29-107-30-6-12-72(109)84-56-24-18-50(66(38-56)113(98,99)100)14-16-52-20-26-58(40-68(52)115(104,105)106)86-76(111)90(60-28-22-48-8-2-4-10-54(48)36-60)44-70(92)88-82-42-46-33-63(79)74(94)64(80)34-46/h1-4,7-10,13-28,31-42,93-94H,5-6,11-12,29-30,43-44H2,(H,83,108)(H,84,109)(H,85,110)(H,86,111)(H,87,91)(H,88,92)(H,95,96,97)(H,98,99,100)(H,101,102,103)(H,104,105,106)/b15-13+,16-14+,81-41-,82-42-. The van der Waals surface area contributed by atoms with Gasteiger partial charge in [0.05, 0.1) is 40.3 Å². The van der Waals surface area contributed by atoms with Crippen molar-refractivity contribution in [1.82, 2.24) is 10.9 Å². The predicted octanol–water partition coefficient (Wildman–Crippen LogP) is 16.2. The first kappa shape index (κ1) is 88.1. The van der Waals surface area contributed by atoms with Crippen molar-refractivity contribution in [3.63, 3.8) is 0 Å². The molecule has 0 aliphatic rings. The molecule has 39 heteroatoms. The second kappa shape index (κ2) is 39.1. The minimum atomic E-state index is -4.98. The average molecular weight is 1970 g/mol. The second-order valence-electron chi connectivity index (χ2n) is 24.8. The maximum absolute atomic E-state index is 13.4. The summed E-state index contributed by atoms with van der Waals surface area (Å²) in [6, 6.07) is 47.5. The number of amides is 2. The first-order valence-electron chi connectivity index (χ1n) is 33.6. The van der Waals surface area contributed by atoms with Gasteiger partial charge < -0.3 is 46.0 Å². The van der Waals surface area contributed by atoms with Crippen molar-refractivity contribution in [1.29, 1.82) is 0 Å². The van der Waals surface area contributed by atoms with Crippen LogP contribution in [-0.2, 0) is 54.8 Å². The highest BCUT2D eigenvalue weighted by molar-refractivity contribution is 9.11. The Morgan fingerprint density at radius 1 is 0.400 bits per heavy atom. The third kappa shape index (κ3) is 24.9. The van der Waals surface area contributed by atoms with E-state index in [0.717, 1.165) is 45.8 Å². The van der Waals surface area contributed by atoms with Crippen LogP contribution in [0.15, 0.2) is 230 Å². The van der Waals surface area contributed by atoms with Crippen LogP contribution in [0.5, 0.6) is 11.5 Å². The first-order valence-corrected chi connectivity index (χ1v) is 44.1. The summed E-state index contributed by atoms with van der Waals surface area (Å²) in [6.45, 7) is -0.302. The topological polar surface area (TPSA) is 405 Å². The zero-order chi connectivity index (χ0) is 83.1. The number of fused-ring (bicyclic) bond motifs is 2. The zero-order valence-corrected chi connectivity index (χ0v) is 72.1. The van der Waals surface area contributed by atoms with Crippen molar-refractivity contribution in [2.75, 3.05) is 57.4 Å². The van der Waals surface area contributed by atoms with E-state index in [9.17, 15) is 71.7 Å². The normalized spacial score (nSPS) is 12.0. The molecule has 12 N–H and O–H groups in total. The number of thiocarbonyl (C=S) groups is 4. The Morgan fingerprint density at radius 3 is 1.00 bits per heavy atom. The predicted molar refractivity (Wildman–Crippen MR) is 478 cm³/mol. The number of anilines is 6. The fraction of sp³-hybridized carbons (Fsp3) is 0.105. The van der Waals surface area contributed by atoms with Crippen molar-refractivity contribution < 1.29 is 76.4 Å². The molecule has 27 nitrogen and oxygen atoms in total. The largest absolute Gasteiger partial charge is 0.506 e. The number of rotatable bonds is 30. The highest BCUT2D eigenvalue weighted by Gasteiger charge is 2.25. The summed E-state index contributed by atoms with van der Waals surface area (Å²) in [5.41, 5.74) is 7.11. The molecule has 0 bridgehead atoms. The maximum Gasteiger partial charge on any atom is 0.295 e. The molecular weight excluding hydrogens is 1900 g/mol. The Bertz CT molecular complexity index is 5730. The second-order valence-corrected chi connectivity index (χ2v) is 35.6. The van der Waals surface area contributed by atoms with Gasteiger partial charge in [-0.25, -0.2) is 10.9 Å². The van der Waals surface area contributed by atoms with Crippen molar-refractivity contribution in [3.05, 3.63) is 233 Å². The van der Waals surface area contributed by atoms with Gasteiger partial charge in [0.15, 0.2) is 10.2 Å². The summed E-state index contributed by atoms with van der Waals surface area (Å²) in [6.07, 6.45) is 8.97. The van der Waals surface area contributed by atoms with E-state index in [2.05, 4.69) is 106 Å². The van der Waals surface area contributed by atoms with Crippen LogP contribution in [0.2, 0.25) is 0 Å². The van der Waals surface area contributed by atoms with Gasteiger partial charge in [-0.1, -0.05) is 134 Å². The van der Waals surface area contributed by atoms with Gasteiger partial charge >= 0.3 is 0 Å². The lowest BCUT2D eigenvalue weighted by Crippen LogP contribution is -2.41. The molecule has 0 saturated carbocycles. The molecule has 596 valence electrons. The lowest BCUT2D eigenvalue weighted by atomic mass is 10.1. The fourth-order valence-corrected chi connectivity index (χ4v) is 17.5. The smallest absolute Gasteiger partial charge is 0.295 e. The summed E-state index contributed by atoms with van der Waals surface area (Å²) in [5, 5.41) is 43.3. The number of carbonyl (C=O) groups excluding carboxylic acids is 2. The maximum atomic E-state index is 13.4. The minimum absolute atomic E-state index is 0.0216. The number of hydrazone groups is 2. The fourth-order valence-electron chi connectivity index (χ4n) is 11.1. The number of nitrogens with one attached hydrogen (secondary N) is 6. The summed E-state index contributed by atoms with van der Waals surface area (Å²) in [7, 11) is -19.8. The molecule has 0 spiro atoms. The molecule has 0 radical (unpaired) electrons. The molecule has 10 rings (SSSR count). The van der Waals surface area contributed by atoms with Gasteiger partial charge in [-0.05, 0) is 253 Å². The van der Waals surface area contributed by atoms with Crippen LogP contribution in [0.1, 0.15) is 59.1 Å². The zero-order valence-electron chi connectivity index (χ0n) is 59.2. The van der Waals surface area contributed by atoms with Crippen LogP contribution in [-0.4, -0.2) is 133 Å². The van der Waals surface area contributed by atoms with Gasteiger partial charge in [-0.2, -0.15) is 43.9 Å². The lowest BCUT2D eigenvalue weighted by Gasteiger charge is -2.25. The number of hydrogen-bond donors (Lipinski definition) is 12. The molecule has 0 aliphatic carbocycles. The number of ether oxygens (including phenoxy) is 1. The molecule has 115 heavy (non-hydrogen) atoms. The summed E-state index contributed by atoms with van der Waals surface area (Å²) >= 11 is 35.7. The third-order valence-electron chi connectivity index (χ3n) is 16.6. The van der Waals surface area contributed by atoms with Crippen molar-refractivity contribution in [3.8, 4) is 11.5 Å². The number of benzene rings is 10.